The molecule has 1 aromatic rings. The smallest absolute Gasteiger partial charge is 0.303 e. The molecule has 1 N–H and O–H groups in total. The van der Waals surface area contributed by atoms with Gasteiger partial charge in [-0.05, 0) is 36.4 Å². The minimum absolute atomic E-state index is 0.288. The van der Waals surface area contributed by atoms with E-state index in [1.54, 1.807) is 7.11 Å². The van der Waals surface area contributed by atoms with Crippen LogP contribution in [0, 0.1) is 5.92 Å². The number of benzene rings is 1. The van der Waals surface area contributed by atoms with E-state index in [0.29, 0.717) is 6.61 Å². The van der Waals surface area contributed by atoms with E-state index in [-0.39, 0.29) is 12.3 Å². The highest BCUT2D eigenvalue weighted by molar-refractivity contribution is 5.67. The topological polar surface area (TPSA) is 49.8 Å². The van der Waals surface area contributed by atoms with Crippen LogP contribution < -0.4 is 0 Å². The Kier molecular flexibility index (Phi) is 5.56. The van der Waals surface area contributed by atoms with Gasteiger partial charge in [0, 0.05) is 26.6 Å². The molecular weight excluding hydrogens is 254 g/mol. The van der Waals surface area contributed by atoms with Crippen molar-refractivity contribution in [3.05, 3.63) is 35.4 Å². The molecule has 1 aromatic carbocycles. The van der Waals surface area contributed by atoms with Crippen molar-refractivity contribution in [2.75, 3.05) is 20.2 Å². The summed E-state index contributed by atoms with van der Waals surface area (Å²) in [5.74, 6) is -0.396. The molecule has 0 spiro atoms. The Morgan fingerprint density at radius 3 is 2.85 bits per heavy atom. The Hall–Kier alpha value is -1.39. The van der Waals surface area contributed by atoms with Gasteiger partial charge in [0.25, 0.3) is 0 Å². The molecule has 1 saturated heterocycles. The normalized spacial score (nSPS) is 19.9. The van der Waals surface area contributed by atoms with Crippen LogP contribution in [0.4, 0.5) is 0 Å². The number of carboxylic acid groups (broad SMARTS) is 1. The Morgan fingerprint density at radius 1 is 1.40 bits per heavy atom. The van der Waals surface area contributed by atoms with E-state index in [2.05, 4.69) is 17.0 Å². The highest BCUT2D eigenvalue weighted by atomic mass is 16.5. The average Bonchev–Trinajstić information content (AvgIpc) is 2.41. The van der Waals surface area contributed by atoms with Crippen LogP contribution in [-0.2, 0) is 22.7 Å². The van der Waals surface area contributed by atoms with E-state index in [1.165, 1.54) is 11.1 Å². The Labute approximate surface area is 120 Å². The number of carboxylic acids is 1. The fourth-order valence-electron chi connectivity index (χ4n) is 2.96. The number of aliphatic carboxylic acids is 1. The zero-order chi connectivity index (χ0) is 14.4. The van der Waals surface area contributed by atoms with Gasteiger partial charge in [-0.2, -0.15) is 0 Å². The molecule has 2 rings (SSSR count). The van der Waals surface area contributed by atoms with Crippen molar-refractivity contribution in [3.8, 4) is 0 Å². The molecule has 0 aliphatic carbocycles. The van der Waals surface area contributed by atoms with Gasteiger partial charge in [0.2, 0.25) is 0 Å². The molecule has 20 heavy (non-hydrogen) atoms. The first-order valence-corrected chi connectivity index (χ1v) is 7.19. The van der Waals surface area contributed by atoms with Gasteiger partial charge in [-0.1, -0.05) is 24.3 Å². The van der Waals surface area contributed by atoms with Gasteiger partial charge in [0.15, 0.2) is 0 Å². The molecule has 0 saturated carbocycles. The first-order valence-electron chi connectivity index (χ1n) is 7.19. The second-order valence-corrected chi connectivity index (χ2v) is 5.54. The highest BCUT2D eigenvalue weighted by Gasteiger charge is 2.22. The summed E-state index contributed by atoms with van der Waals surface area (Å²) in [6.45, 7) is 3.45. The fraction of sp³-hybridized carbons (Fsp3) is 0.562. The van der Waals surface area contributed by atoms with Crippen LogP contribution in [0.15, 0.2) is 24.3 Å². The third-order valence-corrected chi connectivity index (χ3v) is 3.88. The molecule has 0 radical (unpaired) electrons. The number of hydrogen-bond donors (Lipinski definition) is 1. The molecule has 0 bridgehead atoms. The summed E-state index contributed by atoms with van der Waals surface area (Å²) in [6, 6.07) is 8.31. The Bertz CT molecular complexity index is 447. The van der Waals surface area contributed by atoms with Crippen molar-refractivity contribution in [2.45, 2.75) is 32.4 Å². The number of methoxy groups -OCH3 is 1. The SMILES string of the molecule is COCc1ccccc1CN1CCCC(CC(=O)O)C1. The first kappa shape index (κ1) is 15.0. The van der Waals surface area contributed by atoms with Crippen LogP contribution in [0.5, 0.6) is 0 Å². The predicted molar refractivity (Wildman–Crippen MR) is 77.4 cm³/mol. The lowest BCUT2D eigenvalue weighted by molar-refractivity contribution is -0.138. The Morgan fingerprint density at radius 2 is 2.15 bits per heavy atom. The number of ether oxygens (including phenoxy) is 1. The maximum absolute atomic E-state index is 10.8. The van der Waals surface area contributed by atoms with E-state index >= 15 is 0 Å². The fourth-order valence-corrected chi connectivity index (χ4v) is 2.96. The number of likely N-dealkylation sites (tertiary alicyclic amines) is 1. The van der Waals surface area contributed by atoms with Crippen LogP contribution in [0.2, 0.25) is 0 Å². The minimum Gasteiger partial charge on any atom is -0.481 e. The van der Waals surface area contributed by atoms with Gasteiger partial charge in [-0.3, -0.25) is 9.69 Å². The third kappa shape index (κ3) is 4.32. The number of rotatable bonds is 6. The molecule has 110 valence electrons. The lowest BCUT2D eigenvalue weighted by Crippen LogP contribution is -2.36. The van der Waals surface area contributed by atoms with Gasteiger partial charge in [-0.25, -0.2) is 0 Å². The molecular formula is C16H23NO3. The molecule has 1 atom stereocenters. The zero-order valence-electron chi connectivity index (χ0n) is 12.0. The van der Waals surface area contributed by atoms with E-state index in [1.807, 2.05) is 12.1 Å². The maximum atomic E-state index is 10.8. The van der Waals surface area contributed by atoms with Gasteiger partial charge in [0.05, 0.1) is 6.61 Å². The lowest BCUT2D eigenvalue weighted by atomic mass is 9.94. The van der Waals surface area contributed by atoms with Crippen molar-refractivity contribution in [1.29, 1.82) is 0 Å². The molecule has 1 aliphatic rings. The summed E-state index contributed by atoms with van der Waals surface area (Å²) >= 11 is 0. The Balaban J connectivity index is 1.97. The standard InChI is InChI=1S/C16H23NO3/c1-20-12-15-7-3-2-6-14(15)11-17-8-4-5-13(10-17)9-16(18)19/h2-3,6-7,13H,4-5,8-12H2,1H3,(H,18,19). The summed E-state index contributed by atoms with van der Waals surface area (Å²) in [5.41, 5.74) is 2.50. The highest BCUT2D eigenvalue weighted by Crippen LogP contribution is 2.22. The summed E-state index contributed by atoms with van der Waals surface area (Å²) in [6.07, 6.45) is 2.41. The van der Waals surface area contributed by atoms with Crippen LogP contribution >= 0.6 is 0 Å². The van der Waals surface area contributed by atoms with Crippen LogP contribution in [-0.4, -0.2) is 36.2 Å². The van der Waals surface area contributed by atoms with Crippen LogP contribution in [0.3, 0.4) is 0 Å². The predicted octanol–water partition coefficient (Wildman–Crippen LogP) is 2.52. The molecule has 1 heterocycles. The quantitative estimate of drug-likeness (QED) is 0.868. The molecule has 1 fully saturated rings. The average molecular weight is 277 g/mol. The van der Waals surface area contributed by atoms with Crippen molar-refractivity contribution in [2.24, 2.45) is 5.92 Å². The van der Waals surface area contributed by atoms with Gasteiger partial charge < -0.3 is 9.84 Å². The summed E-state index contributed by atoms with van der Waals surface area (Å²) in [5, 5.41) is 8.92. The number of carbonyl (C=O) groups is 1. The van der Waals surface area contributed by atoms with Gasteiger partial charge >= 0.3 is 5.97 Å². The number of hydrogen-bond acceptors (Lipinski definition) is 3. The number of piperidine rings is 1. The maximum Gasteiger partial charge on any atom is 0.303 e. The van der Waals surface area contributed by atoms with E-state index < -0.39 is 5.97 Å². The summed E-state index contributed by atoms with van der Waals surface area (Å²) in [7, 11) is 1.71. The van der Waals surface area contributed by atoms with Gasteiger partial charge in [-0.15, -0.1) is 0 Å². The summed E-state index contributed by atoms with van der Waals surface area (Å²) in [4.78, 5) is 13.2. The molecule has 1 aliphatic heterocycles. The zero-order valence-corrected chi connectivity index (χ0v) is 12.0. The molecule has 1 unspecified atom stereocenters. The van der Waals surface area contributed by atoms with E-state index in [0.717, 1.165) is 32.5 Å². The van der Waals surface area contributed by atoms with Crippen molar-refractivity contribution in [1.82, 2.24) is 4.90 Å². The third-order valence-electron chi connectivity index (χ3n) is 3.88. The van der Waals surface area contributed by atoms with E-state index in [4.69, 9.17) is 9.84 Å². The second kappa shape index (κ2) is 7.41. The van der Waals surface area contributed by atoms with E-state index in [9.17, 15) is 4.79 Å². The monoisotopic (exact) mass is 277 g/mol. The second-order valence-electron chi connectivity index (χ2n) is 5.54. The van der Waals surface area contributed by atoms with Crippen molar-refractivity contribution >= 4 is 5.97 Å². The molecule has 0 aromatic heterocycles. The summed E-state index contributed by atoms with van der Waals surface area (Å²) < 4.78 is 5.24. The van der Waals surface area contributed by atoms with Crippen molar-refractivity contribution < 1.29 is 14.6 Å². The van der Waals surface area contributed by atoms with Gasteiger partial charge in [0.1, 0.15) is 0 Å². The minimum atomic E-state index is -0.684. The van der Waals surface area contributed by atoms with Crippen LogP contribution in [0.1, 0.15) is 30.4 Å². The molecule has 4 nitrogen and oxygen atoms in total. The lowest BCUT2D eigenvalue weighted by Gasteiger charge is -2.32. The van der Waals surface area contributed by atoms with Crippen LogP contribution in [0.25, 0.3) is 0 Å². The molecule has 4 heteroatoms. The number of nitrogens with zero attached hydrogens (tertiary/aromatic N) is 1. The molecule has 0 amide bonds. The first-order chi connectivity index (χ1) is 9.69. The van der Waals surface area contributed by atoms with Crippen molar-refractivity contribution in [3.63, 3.8) is 0 Å². The largest absolute Gasteiger partial charge is 0.481 e.